The Morgan fingerprint density at radius 1 is 0.955 bits per heavy atom. The summed E-state index contributed by atoms with van der Waals surface area (Å²) in [4.78, 5) is 0. The number of para-hydroxylation sites is 2. The van der Waals surface area contributed by atoms with Crippen molar-refractivity contribution in [2.24, 2.45) is 0 Å². The van der Waals surface area contributed by atoms with Gasteiger partial charge in [-0.2, -0.15) is 0 Å². The number of phenols is 1. The van der Waals surface area contributed by atoms with Crippen molar-refractivity contribution >= 4 is 0 Å². The fraction of sp³-hybridized carbons (Fsp3) is 0.294. The van der Waals surface area contributed by atoms with Crippen LogP contribution in [0.1, 0.15) is 5.56 Å². The van der Waals surface area contributed by atoms with Crippen LogP contribution in [0.4, 0.5) is 0 Å². The van der Waals surface area contributed by atoms with Crippen LogP contribution in [0.25, 0.3) is 0 Å². The molecule has 0 fully saturated rings. The standard InChI is InChI=1S/C17H20O5/c1-20-15-5-3-4-6-16(15)22-13(11-18)9-12-7-8-14(19)17(10-12)21-2/h3-8,10,13,18-19H,9,11H2,1-2H3. The maximum Gasteiger partial charge on any atom is 0.161 e. The smallest absolute Gasteiger partial charge is 0.161 e. The monoisotopic (exact) mass is 304 g/mol. The van der Waals surface area contributed by atoms with Crippen LogP contribution in [0, 0.1) is 0 Å². The number of phenolic OH excluding ortho intramolecular Hbond substituents is 1. The van der Waals surface area contributed by atoms with Crippen LogP contribution < -0.4 is 14.2 Å². The maximum atomic E-state index is 9.61. The Kier molecular flexibility index (Phi) is 5.49. The third-order valence-corrected chi connectivity index (χ3v) is 3.27. The van der Waals surface area contributed by atoms with Gasteiger partial charge in [-0.25, -0.2) is 0 Å². The van der Waals surface area contributed by atoms with Crippen molar-refractivity contribution in [3.8, 4) is 23.0 Å². The van der Waals surface area contributed by atoms with Crippen LogP contribution in [0.5, 0.6) is 23.0 Å². The second-order valence-electron chi connectivity index (χ2n) is 4.78. The summed E-state index contributed by atoms with van der Waals surface area (Å²) in [5, 5.41) is 19.2. The zero-order chi connectivity index (χ0) is 15.9. The van der Waals surface area contributed by atoms with E-state index in [2.05, 4.69) is 0 Å². The number of hydrogen-bond donors (Lipinski definition) is 2. The number of rotatable bonds is 7. The molecule has 22 heavy (non-hydrogen) atoms. The number of hydrogen-bond acceptors (Lipinski definition) is 5. The van der Waals surface area contributed by atoms with Gasteiger partial charge >= 0.3 is 0 Å². The lowest BCUT2D eigenvalue weighted by Crippen LogP contribution is -2.24. The Balaban J connectivity index is 2.12. The van der Waals surface area contributed by atoms with Crippen molar-refractivity contribution < 1.29 is 24.4 Å². The van der Waals surface area contributed by atoms with Gasteiger partial charge in [-0.1, -0.05) is 18.2 Å². The molecule has 2 aromatic carbocycles. The zero-order valence-corrected chi connectivity index (χ0v) is 12.7. The van der Waals surface area contributed by atoms with E-state index in [0.717, 1.165) is 5.56 Å². The van der Waals surface area contributed by atoms with E-state index in [4.69, 9.17) is 14.2 Å². The molecule has 0 saturated heterocycles. The van der Waals surface area contributed by atoms with Gasteiger partial charge in [0.05, 0.1) is 20.8 Å². The molecule has 0 spiro atoms. The molecular weight excluding hydrogens is 284 g/mol. The van der Waals surface area contributed by atoms with E-state index >= 15 is 0 Å². The van der Waals surface area contributed by atoms with Gasteiger partial charge in [0.1, 0.15) is 6.10 Å². The van der Waals surface area contributed by atoms with Crippen molar-refractivity contribution in [1.29, 1.82) is 0 Å². The highest BCUT2D eigenvalue weighted by Crippen LogP contribution is 2.29. The first-order chi connectivity index (χ1) is 10.7. The minimum atomic E-state index is -0.425. The lowest BCUT2D eigenvalue weighted by molar-refractivity contribution is 0.112. The van der Waals surface area contributed by atoms with E-state index in [9.17, 15) is 10.2 Å². The van der Waals surface area contributed by atoms with E-state index in [1.807, 2.05) is 12.1 Å². The molecule has 0 heterocycles. The molecule has 1 atom stereocenters. The van der Waals surface area contributed by atoms with Crippen LogP contribution in [-0.2, 0) is 6.42 Å². The first-order valence-corrected chi connectivity index (χ1v) is 6.94. The molecule has 2 rings (SSSR count). The number of methoxy groups -OCH3 is 2. The normalized spacial score (nSPS) is 11.8. The molecule has 2 aromatic rings. The van der Waals surface area contributed by atoms with Crippen LogP contribution >= 0.6 is 0 Å². The summed E-state index contributed by atoms with van der Waals surface area (Å²) < 4.78 is 16.1. The lowest BCUT2D eigenvalue weighted by atomic mass is 10.1. The van der Waals surface area contributed by atoms with Crippen LogP contribution in [0.2, 0.25) is 0 Å². The summed E-state index contributed by atoms with van der Waals surface area (Å²) >= 11 is 0. The zero-order valence-electron chi connectivity index (χ0n) is 12.7. The Labute approximate surface area is 129 Å². The molecule has 0 aliphatic rings. The lowest BCUT2D eigenvalue weighted by Gasteiger charge is -2.19. The quantitative estimate of drug-likeness (QED) is 0.822. The van der Waals surface area contributed by atoms with Gasteiger partial charge in [-0.15, -0.1) is 0 Å². The van der Waals surface area contributed by atoms with Gasteiger partial charge in [0.2, 0.25) is 0 Å². The summed E-state index contributed by atoms with van der Waals surface area (Å²) in [5.74, 6) is 1.67. The van der Waals surface area contributed by atoms with Crippen molar-refractivity contribution in [2.75, 3.05) is 20.8 Å². The van der Waals surface area contributed by atoms with E-state index < -0.39 is 6.10 Å². The molecule has 118 valence electrons. The third kappa shape index (κ3) is 3.83. The number of benzene rings is 2. The van der Waals surface area contributed by atoms with Gasteiger partial charge in [0.15, 0.2) is 23.0 Å². The third-order valence-electron chi connectivity index (χ3n) is 3.27. The number of aliphatic hydroxyl groups excluding tert-OH is 1. The highest BCUT2D eigenvalue weighted by molar-refractivity contribution is 5.42. The van der Waals surface area contributed by atoms with Gasteiger partial charge in [0, 0.05) is 6.42 Å². The molecule has 5 heteroatoms. The Hall–Kier alpha value is -2.40. The molecule has 1 unspecified atom stereocenters. The van der Waals surface area contributed by atoms with Crippen LogP contribution in [0.3, 0.4) is 0 Å². The van der Waals surface area contributed by atoms with Gasteiger partial charge in [0.25, 0.3) is 0 Å². The second kappa shape index (κ2) is 7.56. The topological polar surface area (TPSA) is 68.2 Å². The largest absolute Gasteiger partial charge is 0.504 e. The molecule has 0 aliphatic heterocycles. The maximum absolute atomic E-state index is 9.61. The van der Waals surface area contributed by atoms with Crippen molar-refractivity contribution in [1.82, 2.24) is 0 Å². The van der Waals surface area contributed by atoms with E-state index in [1.54, 1.807) is 37.4 Å². The summed E-state index contributed by atoms with van der Waals surface area (Å²) in [7, 11) is 3.06. The fourth-order valence-corrected chi connectivity index (χ4v) is 2.15. The summed E-state index contributed by atoms with van der Waals surface area (Å²) in [6.45, 7) is -0.138. The summed E-state index contributed by atoms with van der Waals surface area (Å²) in [5.41, 5.74) is 0.892. The van der Waals surface area contributed by atoms with Crippen molar-refractivity contribution in [3.05, 3.63) is 48.0 Å². The summed E-state index contributed by atoms with van der Waals surface area (Å²) in [6, 6.07) is 12.3. The number of aromatic hydroxyl groups is 1. The van der Waals surface area contributed by atoms with Gasteiger partial charge in [-0.05, 0) is 29.8 Å². The minimum Gasteiger partial charge on any atom is -0.504 e. The molecule has 2 N–H and O–H groups in total. The minimum absolute atomic E-state index is 0.0810. The molecule has 0 radical (unpaired) electrons. The van der Waals surface area contributed by atoms with Crippen LogP contribution in [0.15, 0.2) is 42.5 Å². The van der Waals surface area contributed by atoms with E-state index in [1.165, 1.54) is 7.11 Å². The van der Waals surface area contributed by atoms with Crippen molar-refractivity contribution in [2.45, 2.75) is 12.5 Å². The van der Waals surface area contributed by atoms with E-state index in [-0.39, 0.29) is 12.4 Å². The van der Waals surface area contributed by atoms with Crippen molar-refractivity contribution in [3.63, 3.8) is 0 Å². The predicted molar refractivity (Wildman–Crippen MR) is 82.9 cm³/mol. The summed E-state index contributed by atoms with van der Waals surface area (Å²) in [6.07, 6.45) is 0.0520. The SMILES string of the molecule is COc1cc(CC(CO)Oc2ccccc2OC)ccc1O. The molecular formula is C17H20O5. The van der Waals surface area contributed by atoms with Gasteiger partial charge < -0.3 is 24.4 Å². The first-order valence-electron chi connectivity index (χ1n) is 6.94. The molecule has 5 nitrogen and oxygen atoms in total. The average Bonchev–Trinajstić information content (AvgIpc) is 2.56. The molecule has 0 bridgehead atoms. The Morgan fingerprint density at radius 3 is 2.27 bits per heavy atom. The molecule has 0 saturated carbocycles. The van der Waals surface area contributed by atoms with Gasteiger partial charge in [-0.3, -0.25) is 0 Å². The Bertz CT molecular complexity index is 612. The highest BCUT2D eigenvalue weighted by Gasteiger charge is 2.14. The average molecular weight is 304 g/mol. The molecule has 0 aliphatic carbocycles. The number of aliphatic hydroxyl groups is 1. The molecule has 0 amide bonds. The highest BCUT2D eigenvalue weighted by atomic mass is 16.5. The van der Waals surface area contributed by atoms with Crippen LogP contribution in [-0.4, -0.2) is 37.1 Å². The first kappa shape index (κ1) is 16.0. The second-order valence-corrected chi connectivity index (χ2v) is 4.78. The fourth-order valence-electron chi connectivity index (χ4n) is 2.15. The Morgan fingerprint density at radius 2 is 1.64 bits per heavy atom. The predicted octanol–water partition coefficient (Wildman–Crippen LogP) is 2.39. The van der Waals surface area contributed by atoms with E-state index in [0.29, 0.717) is 23.7 Å². The molecule has 0 aromatic heterocycles. The number of ether oxygens (including phenoxy) is 3.